The molecular formula is C11H22N2O3. The molecule has 3 N–H and O–H groups in total. The first kappa shape index (κ1) is 14.7. The lowest BCUT2D eigenvalue weighted by Gasteiger charge is -2.15. The maximum Gasteiger partial charge on any atom is 0.326 e. The molecule has 0 bridgehead atoms. The third-order valence-corrected chi connectivity index (χ3v) is 2.49. The standard InChI is InChI=1S/C11H22N2O3/c1-4-6-9(10(14)15)13-11(16)12-7-8(3)5-2/h8-9H,4-7H2,1-3H3,(H,14,15)(H2,12,13,16)/t8?,9-/m0/s1. The molecule has 0 saturated carbocycles. The van der Waals surface area contributed by atoms with Gasteiger partial charge in [0.05, 0.1) is 0 Å². The van der Waals surface area contributed by atoms with Crippen LogP contribution < -0.4 is 10.6 Å². The van der Waals surface area contributed by atoms with Gasteiger partial charge in [0.2, 0.25) is 0 Å². The molecule has 0 aromatic rings. The molecular weight excluding hydrogens is 208 g/mol. The first-order valence-corrected chi connectivity index (χ1v) is 5.78. The van der Waals surface area contributed by atoms with Gasteiger partial charge >= 0.3 is 12.0 Å². The van der Waals surface area contributed by atoms with Crippen LogP contribution in [0.25, 0.3) is 0 Å². The second-order valence-electron chi connectivity index (χ2n) is 4.05. The third-order valence-electron chi connectivity index (χ3n) is 2.49. The third kappa shape index (κ3) is 6.27. The Balaban J connectivity index is 3.95. The molecule has 0 spiro atoms. The minimum absolute atomic E-state index is 0.402. The summed E-state index contributed by atoms with van der Waals surface area (Å²) in [6.45, 7) is 6.53. The molecule has 2 amide bonds. The molecule has 0 aliphatic carbocycles. The van der Waals surface area contributed by atoms with Crippen molar-refractivity contribution in [3.8, 4) is 0 Å². The van der Waals surface area contributed by atoms with Crippen molar-refractivity contribution in [1.82, 2.24) is 10.6 Å². The molecule has 0 radical (unpaired) electrons. The Morgan fingerprint density at radius 2 is 1.94 bits per heavy atom. The van der Waals surface area contributed by atoms with Crippen molar-refractivity contribution in [2.45, 2.75) is 46.1 Å². The normalized spacial score (nSPS) is 13.9. The van der Waals surface area contributed by atoms with Crippen molar-refractivity contribution >= 4 is 12.0 Å². The van der Waals surface area contributed by atoms with Crippen LogP contribution in [0.15, 0.2) is 0 Å². The molecule has 94 valence electrons. The minimum atomic E-state index is -0.986. The number of hydrogen-bond donors (Lipinski definition) is 3. The number of carbonyl (C=O) groups excluding carboxylic acids is 1. The van der Waals surface area contributed by atoms with E-state index in [1.165, 1.54) is 0 Å². The molecule has 2 atom stereocenters. The van der Waals surface area contributed by atoms with Crippen LogP contribution in [0.5, 0.6) is 0 Å². The van der Waals surface area contributed by atoms with Gasteiger partial charge in [0.15, 0.2) is 0 Å². The van der Waals surface area contributed by atoms with E-state index in [0.717, 1.165) is 12.8 Å². The van der Waals surface area contributed by atoms with Crippen molar-refractivity contribution in [1.29, 1.82) is 0 Å². The summed E-state index contributed by atoms with van der Waals surface area (Å²) in [6, 6.07) is -1.19. The zero-order chi connectivity index (χ0) is 12.6. The topological polar surface area (TPSA) is 78.4 Å². The van der Waals surface area contributed by atoms with Crippen LogP contribution in [0.4, 0.5) is 4.79 Å². The summed E-state index contributed by atoms with van der Waals surface area (Å²) in [7, 11) is 0. The predicted molar refractivity (Wildman–Crippen MR) is 62.3 cm³/mol. The van der Waals surface area contributed by atoms with Gasteiger partial charge in [-0.2, -0.15) is 0 Å². The van der Waals surface area contributed by atoms with E-state index in [1.807, 2.05) is 20.8 Å². The van der Waals surface area contributed by atoms with Crippen molar-refractivity contribution in [2.24, 2.45) is 5.92 Å². The van der Waals surface area contributed by atoms with Gasteiger partial charge in [-0.1, -0.05) is 33.6 Å². The average molecular weight is 230 g/mol. The second kappa shape index (κ2) is 7.96. The summed E-state index contributed by atoms with van der Waals surface area (Å²) in [5, 5.41) is 13.9. The van der Waals surface area contributed by atoms with Crippen LogP contribution >= 0.6 is 0 Å². The van der Waals surface area contributed by atoms with Crippen LogP contribution in [0.1, 0.15) is 40.0 Å². The molecule has 0 aliphatic rings. The average Bonchev–Trinajstić information content (AvgIpc) is 2.25. The summed E-state index contributed by atoms with van der Waals surface area (Å²) >= 11 is 0. The van der Waals surface area contributed by atoms with Gasteiger partial charge in [-0.15, -0.1) is 0 Å². The number of hydrogen-bond acceptors (Lipinski definition) is 2. The van der Waals surface area contributed by atoms with Gasteiger partial charge in [0, 0.05) is 6.54 Å². The summed E-state index contributed by atoms with van der Waals surface area (Å²) in [4.78, 5) is 22.1. The van der Waals surface area contributed by atoms with E-state index >= 15 is 0 Å². The lowest BCUT2D eigenvalue weighted by atomic mass is 10.1. The maximum absolute atomic E-state index is 11.4. The highest BCUT2D eigenvalue weighted by molar-refractivity contribution is 5.82. The van der Waals surface area contributed by atoms with Crippen LogP contribution in [0.3, 0.4) is 0 Å². The number of rotatable bonds is 7. The summed E-state index contributed by atoms with van der Waals surface area (Å²) in [6.07, 6.45) is 2.16. The quantitative estimate of drug-likeness (QED) is 0.621. The molecule has 0 rings (SSSR count). The molecule has 16 heavy (non-hydrogen) atoms. The number of urea groups is 1. The first-order valence-electron chi connectivity index (χ1n) is 5.78. The van der Waals surface area contributed by atoms with Crippen molar-refractivity contribution in [3.05, 3.63) is 0 Å². The van der Waals surface area contributed by atoms with E-state index in [-0.39, 0.29) is 0 Å². The molecule has 0 heterocycles. The predicted octanol–water partition coefficient (Wildman–Crippen LogP) is 1.59. The van der Waals surface area contributed by atoms with E-state index in [0.29, 0.717) is 18.9 Å². The zero-order valence-electron chi connectivity index (χ0n) is 10.2. The van der Waals surface area contributed by atoms with E-state index < -0.39 is 18.0 Å². The maximum atomic E-state index is 11.4. The van der Waals surface area contributed by atoms with Crippen LogP contribution in [0.2, 0.25) is 0 Å². The van der Waals surface area contributed by atoms with E-state index in [4.69, 9.17) is 5.11 Å². The number of amides is 2. The van der Waals surface area contributed by atoms with E-state index in [9.17, 15) is 9.59 Å². The molecule has 0 aliphatic heterocycles. The second-order valence-corrected chi connectivity index (χ2v) is 4.05. The fourth-order valence-corrected chi connectivity index (χ4v) is 1.17. The molecule has 1 unspecified atom stereocenters. The van der Waals surface area contributed by atoms with Crippen LogP contribution in [-0.2, 0) is 4.79 Å². The van der Waals surface area contributed by atoms with Crippen LogP contribution in [0, 0.1) is 5.92 Å². The largest absolute Gasteiger partial charge is 0.480 e. The Bertz CT molecular complexity index is 231. The van der Waals surface area contributed by atoms with Crippen molar-refractivity contribution < 1.29 is 14.7 Å². The lowest BCUT2D eigenvalue weighted by molar-refractivity contribution is -0.139. The summed E-state index contributed by atoms with van der Waals surface area (Å²) in [5.41, 5.74) is 0. The fourth-order valence-electron chi connectivity index (χ4n) is 1.17. The number of carboxylic acids is 1. The number of aliphatic carboxylic acids is 1. The van der Waals surface area contributed by atoms with Gasteiger partial charge in [0.25, 0.3) is 0 Å². The first-order chi connectivity index (χ1) is 7.51. The van der Waals surface area contributed by atoms with Gasteiger partial charge in [-0.3, -0.25) is 0 Å². The molecule has 5 nitrogen and oxygen atoms in total. The van der Waals surface area contributed by atoms with Crippen molar-refractivity contribution in [3.63, 3.8) is 0 Å². The van der Waals surface area contributed by atoms with Gasteiger partial charge in [-0.25, -0.2) is 9.59 Å². The van der Waals surface area contributed by atoms with Crippen LogP contribution in [-0.4, -0.2) is 29.7 Å². The molecule has 0 aromatic heterocycles. The van der Waals surface area contributed by atoms with Crippen molar-refractivity contribution in [2.75, 3.05) is 6.54 Å². The number of carbonyl (C=O) groups is 2. The minimum Gasteiger partial charge on any atom is -0.480 e. The number of carboxylic acid groups (broad SMARTS) is 1. The Kier molecular flexibility index (Phi) is 7.33. The molecule has 0 saturated heterocycles. The summed E-state index contributed by atoms with van der Waals surface area (Å²) < 4.78 is 0. The highest BCUT2D eigenvalue weighted by Gasteiger charge is 2.18. The van der Waals surface area contributed by atoms with E-state index in [2.05, 4.69) is 10.6 Å². The summed E-state index contributed by atoms with van der Waals surface area (Å²) in [5.74, 6) is -0.583. The fraction of sp³-hybridized carbons (Fsp3) is 0.818. The smallest absolute Gasteiger partial charge is 0.326 e. The monoisotopic (exact) mass is 230 g/mol. The zero-order valence-corrected chi connectivity index (χ0v) is 10.2. The molecule has 0 aromatic carbocycles. The Labute approximate surface area is 96.6 Å². The molecule has 5 heteroatoms. The SMILES string of the molecule is CCC[C@H](NC(=O)NCC(C)CC)C(=O)O. The Morgan fingerprint density at radius 3 is 2.38 bits per heavy atom. The van der Waals surface area contributed by atoms with Gasteiger partial charge < -0.3 is 15.7 Å². The van der Waals surface area contributed by atoms with Gasteiger partial charge in [0.1, 0.15) is 6.04 Å². The highest BCUT2D eigenvalue weighted by atomic mass is 16.4. The lowest BCUT2D eigenvalue weighted by Crippen LogP contribution is -2.46. The van der Waals surface area contributed by atoms with Gasteiger partial charge in [-0.05, 0) is 12.3 Å². The van der Waals surface area contributed by atoms with E-state index in [1.54, 1.807) is 0 Å². The Hall–Kier alpha value is -1.26. The molecule has 0 fully saturated rings. The Morgan fingerprint density at radius 1 is 1.31 bits per heavy atom. The highest BCUT2D eigenvalue weighted by Crippen LogP contribution is 1.98. The number of nitrogens with one attached hydrogen (secondary N) is 2.